The second kappa shape index (κ2) is 6.73. The zero-order chi connectivity index (χ0) is 11.1. The molecule has 0 saturated carbocycles. The first-order valence-corrected chi connectivity index (χ1v) is 5.25. The van der Waals surface area contributed by atoms with Crippen LogP contribution in [0.2, 0.25) is 0 Å². The van der Waals surface area contributed by atoms with Crippen LogP contribution in [0.3, 0.4) is 0 Å². The van der Waals surface area contributed by atoms with Crippen molar-refractivity contribution in [1.82, 2.24) is 10.5 Å². The second-order valence-corrected chi connectivity index (χ2v) is 3.54. The largest absolute Gasteiger partial charge is 0.376 e. The fraction of sp³-hybridized carbons (Fsp3) is 0.889. The molecule has 6 nitrogen and oxygen atoms in total. The topological polar surface area (TPSA) is 76.8 Å². The first-order chi connectivity index (χ1) is 7.26. The van der Waals surface area contributed by atoms with Crippen molar-refractivity contribution in [3.63, 3.8) is 0 Å². The number of rotatable bonds is 5. The molecule has 1 saturated heterocycles. The maximum absolute atomic E-state index is 11.0. The van der Waals surface area contributed by atoms with Gasteiger partial charge in [0.25, 0.3) is 0 Å². The summed E-state index contributed by atoms with van der Waals surface area (Å²) in [5, 5.41) is 0. The Balaban J connectivity index is 2.17. The minimum atomic E-state index is -0.336. The number of hydrogen-bond acceptors (Lipinski definition) is 6. The van der Waals surface area contributed by atoms with Gasteiger partial charge in [0.2, 0.25) is 0 Å². The predicted octanol–water partition coefficient (Wildman–Crippen LogP) is -0.591. The number of hydrogen-bond donors (Lipinski definition) is 2. The number of carbonyl (C=O) groups excluding carboxylic acids is 1. The molecule has 0 radical (unpaired) electrons. The van der Waals surface area contributed by atoms with Crippen LogP contribution in [0, 0.1) is 0 Å². The first kappa shape index (κ1) is 12.4. The molecule has 1 aliphatic heterocycles. The molecule has 0 spiro atoms. The van der Waals surface area contributed by atoms with E-state index >= 15 is 0 Å². The zero-order valence-corrected chi connectivity index (χ0v) is 9.07. The van der Waals surface area contributed by atoms with Crippen molar-refractivity contribution in [2.45, 2.75) is 25.9 Å². The summed E-state index contributed by atoms with van der Waals surface area (Å²) in [5.74, 6) is 4.52. The standard InChI is InChI=1S/C9H19N3O3/c1-2-8-7-12(5-6-14-8)4-3-9(13)15-11-10/h8,11H,2-7,10H2,1H3. The van der Waals surface area contributed by atoms with Gasteiger partial charge in [-0.2, -0.15) is 0 Å². The van der Waals surface area contributed by atoms with Crippen LogP contribution in [0.25, 0.3) is 0 Å². The van der Waals surface area contributed by atoms with E-state index in [1.165, 1.54) is 0 Å². The molecule has 0 aromatic carbocycles. The Labute approximate surface area is 89.6 Å². The highest BCUT2D eigenvalue weighted by Crippen LogP contribution is 2.08. The van der Waals surface area contributed by atoms with Crippen molar-refractivity contribution in [2.75, 3.05) is 26.2 Å². The maximum atomic E-state index is 11.0. The van der Waals surface area contributed by atoms with E-state index in [0.717, 1.165) is 26.1 Å². The third-order valence-corrected chi connectivity index (χ3v) is 2.48. The molecule has 1 atom stereocenters. The van der Waals surface area contributed by atoms with Gasteiger partial charge in [-0.05, 0) is 6.42 Å². The molecule has 1 fully saturated rings. The van der Waals surface area contributed by atoms with Crippen molar-refractivity contribution in [2.24, 2.45) is 5.84 Å². The van der Waals surface area contributed by atoms with Gasteiger partial charge in [0, 0.05) is 19.6 Å². The van der Waals surface area contributed by atoms with Gasteiger partial charge in [-0.25, -0.2) is 5.84 Å². The van der Waals surface area contributed by atoms with Crippen molar-refractivity contribution >= 4 is 5.97 Å². The lowest BCUT2D eigenvalue weighted by Gasteiger charge is -2.32. The Bertz CT molecular complexity index is 201. The molecular weight excluding hydrogens is 198 g/mol. The lowest BCUT2D eigenvalue weighted by Crippen LogP contribution is -2.43. The van der Waals surface area contributed by atoms with E-state index in [2.05, 4.69) is 16.7 Å². The average Bonchev–Trinajstić information content (AvgIpc) is 2.27. The molecular formula is C9H19N3O3. The van der Waals surface area contributed by atoms with Crippen LogP contribution in [0.5, 0.6) is 0 Å². The summed E-state index contributed by atoms with van der Waals surface area (Å²) in [5.41, 5.74) is 1.88. The predicted molar refractivity (Wildman–Crippen MR) is 54.5 cm³/mol. The molecule has 1 aliphatic rings. The van der Waals surface area contributed by atoms with Crippen LogP contribution in [0.15, 0.2) is 0 Å². The van der Waals surface area contributed by atoms with Crippen LogP contribution in [-0.4, -0.2) is 43.2 Å². The minimum absolute atomic E-state index is 0.294. The third-order valence-electron chi connectivity index (χ3n) is 2.48. The lowest BCUT2D eigenvalue weighted by atomic mass is 10.2. The molecule has 88 valence electrons. The van der Waals surface area contributed by atoms with Crippen LogP contribution < -0.4 is 11.4 Å². The van der Waals surface area contributed by atoms with E-state index in [-0.39, 0.29) is 5.97 Å². The summed E-state index contributed by atoms with van der Waals surface area (Å²) in [6.07, 6.45) is 1.65. The summed E-state index contributed by atoms with van der Waals surface area (Å²) >= 11 is 0. The third kappa shape index (κ3) is 4.57. The quantitative estimate of drug-likeness (QED) is 0.473. The monoisotopic (exact) mass is 217 g/mol. The molecule has 0 aliphatic carbocycles. The highest BCUT2D eigenvalue weighted by Gasteiger charge is 2.19. The Hall–Kier alpha value is -0.690. The molecule has 0 bridgehead atoms. The number of nitrogens with one attached hydrogen (secondary N) is 1. The molecule has 1 heterocycles. The van der Waals surface area contributed by atoms with Crippen molar-refractivity contribution < 1.29 is 14.4 Å². The van der Waals surface area contributed by atoms with Gasteiger partial charge in [-0.1, -0.05) is 12.5 Å². The van der Waals surface area contributed by atoms with E-state index in [0.29, 0.717) is 19.1 Å². The Kier molecular flexibility index (Phi) is 5.56. The summed E-state index contributed by atoms with van der Waals surface area (Å²) in [6, 6.07) is 0. The molecule has 0 amide bonds. The highest BCUT2D eigenvalue weighted by molar-refractivity contribution is 5.69. The molecule has 15 heavy (non-hydrogen) atoms. The van der Waals surface area contributed by atoms with E-state index in [1.54, 1.807) is 0 Å². The summed E-state index contributed by atoms with van der Waals surface area (Å²) in [4.78, 5) is 17.6. The van der Waals surface area contributed by atoms with Crippen molar-refractivity contribution in [3.05, 3.63) is 0 Å². The number of nitrogens with two attached hydrogens (primary N) is 1. The second-order valence-electron chi connectivity index (χ2n) is 3.54. The van der Waals surface area contributed by atoms with Gasteiger partial charge in [0.15, 0.2) is 0 Å². The highest BCUT2D eigenvalue weighted by atomic mass is 16.7. The fourth-order valence-electron chi connectivity index (χ4n) is 1.60. The zero-order valence-electron chi connectivity index (χ0n) is 9.07. The smallest absolute Gasteiger partial charge is 0.327 e. The van der Waals surface area contributed by atoms with Crippen LogP contribution in [0.1, 0.15) is 19.8 Å². The fourth-order valence-corrected chi connectivity index (χ4v) is 1.60. The lowest BCUT2D eigenvalue weighted by molar-refractivity contribution is -0.152. The summed E-state index contributed by atoms with van der Waals surface area (Å²) in [6.45, 7) is 5.30. The Morgan fingerprint density at radius 3 is 3.20 bits per heavy atom. The normalized spacial score (nSPS) is 22.7. The van der Waals surface area contributed by atoms with Gasteiger partial charge in [0.05, 0.1) is 19.1 Å². The number of morpholine rings is 1. The molecule has 1 unspecified atom stereocenters. The maximum Gasteiger partial charge on any atom is 0.327 e. The molecule has 0 aromatic heterocycles. The van der Waals surface area contributed by atoms with Crippen LogP contribution >= 0.6 is 0 Å². The van der Waals surface area contributed by atoms with Crippen LogP contribution in [0.4, 0.5) is 0 Å². The summed E-state index contributed by atoms with van der Waals surface area (Å²) in [7, 11) is 0. The first-order valence-electron chi connectivity index (χ1n) is 5.25. The molecule has 6 heteroatoms. The Morgan fingerprint density at radius 1 is 1.73 bits per heavy atom. The van der Waals surface area contributed by atoms with Crippen molar-refractivity contribution in [3.8, 4) is 0 Å². The average molecular weight is 217 g/mol. The SMILES string of the molecule is CCC1CN(CCC(=O)ONN)CCO1. The molecule has 3 N–H and O–H groups in total. The van der Waals surface area contributed by atoms with Gasteiger partial charge < -0.3 is 9.57 Å². The van der Waals surface area contributed by atoms with E-state index in [4.69, 9.17) is 10.6 Å². The molecule has 1 rings (SSSR count). The van der Waals surface area contributed by atoms with Gasteiger partial charge >= 0.3 is 5.97 Å². The number of nitrogens with zero attached hydrogens (tertiary/aromatic N) is 1. The minimum Gasteiger partial charge on any atom is -0.376 e. The number of hydrazine groups is 1. The van der Waals surface area contributed by atoms with Crippen molar-refractivity contribution in [1.29, 1.82) is 0 Å². The van der Waals surface area contributed by atoms with Crippen LogP contribution in [-0.2, 0) is 14.4 Å². The van der Waals surface area contributed by atoms with E-state index in [9.17, 15) is 4.79 Å². The molecule has 0 aromatic rings. The Morgan fingerprint density at radius 2 is 2.53 bits per heavy atom. The van der Waals surface area contributed by atoms with Gasteiger partial charge in [0.1, 0.15) is 0 Å². The number of carbonyl (C=O) groups is 1. The van der Waals surface area contributed by atoms with Gasteiger partial charge in [-0.3, -0.25) is 9.69 Å². The van der Waals surface area contributed by atoms with Gasteiger partial charge in [-0.15, -0.1) is 0 Å². The summed E-state index contributed by atoms with van der Waals surface area (Å²) < 4.78 is 5.52. The number of ether oxygens (including phenoxy) is 1. The van der Waals surface area contributed by atoms with E-state index in [1.807, 2.05) is 5.59 Å². The van der Waals surface area contributed by atoms with E-state index < -0.39 is 0 Å².